The van der Waals surface area contributed by atoms with Crippen molar-refractivity contribution in [3.8, 4) is 17.3 Å². The molecule has 4 aliphatic rings. The summed E-state index contributed by atoms with van der Waals surface area (Å²) in [5.41, 5.74) is 0.585. The van der Waals surface area contributed by atoms with Crippen LogP contribution in [0.4, 0.5) is 15.0 Å². The van der Waals surface area contributed by atoms with Crippen molar-refractivity contribution in [2.45, 2.75) is 62.2 Å². The lowest BCUT2D eigenvalue weighted by Gasteiger charge is -2.40. The summed E-state index contributed by atoms with van der Waals surface area (Å²) in [5.74, 6) is -0.103. The molecule has 0 radical (unpaired) electrons. The summed E-state index contributed by atoms with van der Waals surface area (Å²) in [6.07, 6.45) is 6.01. The molecule has 4 aliphatic heterocycles. The number of fused-ring (bicyclic) bond motifs is 5. The van der Waals surface area contributed by atoms with E-state index >= 15 is 4.39 Å². The predicted octanol–water partition coefficient (Wildman–Crippen LogP) is 5.34. The second kappa shape index (κ2) is 10.9. The van der Waals surface area contributed by atoms with Gasteiger partial charge < -0.3 is 19.8 Å². The van der Waals surface area contributed by atoms with E-state index in [9.17, 15) is 15.0 Å². The van der Waals surface area contributed by atoms with Crippen LogP contribution < -0.4 is 9.64 Å². The quantitative estimate of drug-likeness (QED) is 0.291. The summed E-state index contributed by atoms with van der Waals surface area (Å²) in [4.78, 5) is 32.0. The van der Waals surface area contributed by atoms with Crippen LogP contribution in [-0.4, -0.2) is 97.6 Å². The third-order valence-corrected chi connectivity index (χ3v) is 10.8. The highest BCUT2D eigenvalue weighted by Crippen LogP contribution is 2.43. The molecule has 0 aliphatic carbocycles. The monoisotopic (exact) mass is 632 g/mol. The summed E-state index contributed by atoms with van der Waals surface area (Å²) in [6.45, 7) is 2.23. The van der Waals surface area contributed by atoms with E-state index in [0.29, 0.717) is 46.9 Å². The standard InChI is InChI=1S/C33H34ClFN6O4/c34-25-7-2-5-19-4-1-6-23(26(19)25)28-27(35)29-24(14-36-28)30(39-15-20-8-9-21(16-39)41(20)32(43)44)38-31(37-29)45-18-33-11-3-13-40(33)22(17-42)10-12-33/h1-2,4-7,14,20-22,42H,3,8-13,15-18H2,(H,43,44)/t20-,21+,22?,33?. The molecule has 0 saturated carbocycles. The molecule has 4 saturated heterocycles. The average Bonchev–Trinajstić information content (AvgIpc) is 3.69. The number of rotatable bonds is 6. The van der Waals surface area contributed by atoms with Crippen molar-refractivity contribution in [1.29, 1.82) is 0 Å². The van der Waals surface area contributed by atoms with Crippen molar-refractivity contribution >= 4 is 45.2 Å². The molecule has 4 atom stereocenters. The topological polar surface area (TPSA) is 115 Å². The van der Waals surface area contributed by atoms with Crippen LogP contribution in [0.3, 0.4) is 0 Å². The van der Waals surface area contributed by atoms with Crippen LogP contribution in [0.2, 0.25) is 5.02 Å². The second-order valence-corrected chi connectivity index (χ2v) is 13.2. The Hall–Kier alpha value is -3.80. The largest absolute Gasteiger partial charge is 0.465 e. The maximum atomic E-state index is 16.7. The van der Waals surface area contributed by atoms with Gasteiger partial charge in [0, 0.05) is 41.3 Å². The molecule has 234 valence electrons. The molecular formula is C33H34ClFN6O4. The number of benzene rings is 2. The lowest BCUT2D eigenvalue weighted by molar-refractivity contribution is 0.0644. The first-order chi connectivity index (χ1) is 21.9. The highest BCUT2D eigenvalue weighted by Gasteiger charge is 2.50. The number of aliphatic hydroxyl groups excluding tert-OH is 1. The molecule has 6 heterocycles. The number of pyridine rings is 1. The van der Waals surface area contributed by atoms with Crippen LogP contribution in [0.1, 0.15) is 38.5 Å². The van der Waals surface area contributed by atoms with Crippen LogP contribution in [0, 0.1) is 5.82 Å². The van der Waals surface area contributed by atoms with Crippen molar-refractivity contribution in [2.75, 3.05) is 37.7 Å². The van der Waals surface area contributed by atoms with Crippen molar-refractivity contribution in [2.24, 2.45) is 0 Å². The highest BCUT2D eigenvalue weighted by molar-refractivity contribution is 6.36. The first-order valence-electron chi connectivity index (χ1n) is 15.7. The number of hydrogen-bond donors (Lipinski definition) is 2. The molecule has 4 fully saturated rings. The van der Waals surface area contributed by atoms with E-state index < -0.39 is 11.9 Å². The molecule has 1 amide bonds. The molecule has 12 heteroatoms. The summed E-state index contributed by atoms with van der Waals surface area (Å²) < 4.78 is 23.1. The lowest BCUT2D eigenvalue weighted by Crippen LogP contribution is -2.55. The van der Waals surface area contributed by atoms with Crippen LogP contribution in [0.25, 0.3) is 32.9 Å². The van der Waals surface area contributed by atoms with E-state index in [1.54, 1.807) is 23.2 Å². The predicted molar refractivity (Wildman–Crippen MR) is 168 cm³/mol. The number of aromatic nitrogens is 3. The van der Waals surface area contributed by atoms with Gasteiger partial charge in [-0.25, -0.2) is 9.18 Å². The Labute approximate surface area is 264 Å². The first kappa shape index (κ1) is 28.7. The van der Waals surface area contributed by atoms with Gasteiger partial charge in [-0.2, -0.15) is 9.97 Å². The summed E-state index contributed by atoms with van der Waals surface area (Å²) in [7, 11) is 0. The maximum absolute atomic E-state index is 16.7. The molecular weight excluding hydrogens is 599 g/mol. The van der Waals surface area contributed by atoms with Gasteiger partial charge in [0.2, 0.25) is 0 Å². The van der Waals surface area contributed by atoms with E-state index in [1.807, 2.05) is 29.2 Å². The number of amides is 1. The molecule has 2 aromatic heterocycles. The third kappa shape index (κ3) is 4.58. The number of anilines is 1. The van der Waals surface area contributed by atoms with Crippen molar-refractivity contribution in [3.63, 3.8) is 0 Å². The SMILES string of the molecule is O=C(O)N1[C@@H]2CC[C@H]1CN(c1nc(OCC34CCCN3C(CO)CC4)nc3c(F)c(-c4cccc5cccc(Cl)c45)ncc13)C2. The van der Waals surface area contributed by atoms with E-state index in [2.05, 4.69) is 14.9 Å². The Bertz CT molecular complexity index is 1810. The van der Waals surface area contributed by atoms with Gasteiger partial charge in [0.25, 0.3) is 0 Å². The zero-order valence-electron chi connectivity index (χ0n) is 24.7. The Morgan fingerprint density at radius 1 is 1.09 bits per heavy atom. The van der Waals surface area contributed by atoms with Crippen LogP contribution in [-0.2, 0) is 0 Å². The number of piperazine rings is 1. The van der Waals surface area contributed by atoms with E-state index in [4.69, 9.17) is 21.3 Å². The van der Waals surface area contributed by atoms with Gasteiger partial charge in [-0.1, -0.05) is 41.9 Å². The number of ether oxygens (including phenoxy) is 1. The maximum Gasteiger partial charge on any atom is 0.407 e. The number of carbonyl (C=O) groups is 1. The minimum Gasteiger partial charge on any atom is -0.465 e. The van der Waals surface area contributed by atoms with Gasteiger partial charge in [0.05, 0.1) is 29.6 Å². The molecule has 4 aromatic rings. The molecule has 45 heavy (non-hydrogen) atoms. The van der Waals surface area contributed by atoms with Gasteiger partial charge in [0.15, 0.2) is 5.82 Å². The van der Waals surface area contributed by atoms with Gasteiger partial charge >= 0.3 is 12.1 Å². The van der Waals surface area contributed by atoms with Crippen LogP contribution >= 0.6 is 11.6 Å². The zero-order valence-corrected chi connectivity index (χ0v) is 25.5. The Morgan fingerprint density at radius 2 is 1.87 bits per heavy atom. The van der Waals surface area contributed by atoms with Gasteiger partial charge in [-0.15, -0.1) is 0 Å². The fourth-order valence-corrected chi connectivity index (χ4v) is 8.68. The van der Waals surface area contributed by atoms with Gasteiger partial charge in [-0.3, -0.25) is 14.8 Å². The van der Waals surface area contributed by atoms with Gasteiger partial charge in [-0.05, 0) is 56.5 Å². The van der Waals surface area contributed by atoms with Crippen LogP contribution in [0.5, 0.6) is 6.01 Å². The van der Waals surface area contributed by atoms with Crippen molar-refractivity contribution < 1.29 is 24.1 Å². The number of hydrogen-bond acceptors (Lipinski definition) is 8. The Kier molecular flexibility index (Phi) is 6.96. The van der Waals surface area contributed by atoms with Gasteiger partial charge in [0.1, 0.15) is 23.6 Å². The second-order valence-electron chi connectivity index (χ2n) is 12.8. The summed E-state index contributed by atoms with van der Waals surface area (Å²) >= 11 is 6.60. The third-order valence-electron chi connectivity index (χ3n) is 10.5. The van der Waals surface area contributed by atoms with E-state index in [1.165, 1.54) is 0 Å². The Balaban J connectivity index is 1.23. The average molecular weight is 633 g/mol. The number of halogens is 2. The normalized spacial score (nSPS) is 26.2. The smallest absolute Gasteiger partial charge is 0.407 e. The molecule has 2 unspecified atom stereocenters. The minimum absolute atomic E-state index is 0.0752. The molecule has 0 spiro atoms. The zero-order chi connectivity index (χ0) is 30.9. The summed E-state index contributed by atoms with van der Waals surface area (Å²) in [5, 5.41) is 22.3. The number of aliphatic hydroxyl groups is 1. The molecule has 8 rings (SSSR count). The van der Waals surface area contributed by atoms with E-state index in [-0.39, 0.29) is 47.5 Å². The number of nitrogens with zero attached hydrogens (tertiary/aromatic N) is 6. The Morgan fingerprint density at radius 3 is 2.62 bits per heavy atom. The molecule has 2 N–H and O–H groups in total. The molecule has 2 bridgehead atoms. The van der Waals surface area contributed by atoms with Crippen molar-refractivity contribution in [1.82, 2.24) is 24.8 Å². The molecule has 10 nitrogen and oxygen atoms in total. The van der Waals surface area contributed by atoms with Crippen molar-refractivity contribution in [3.05, 3.63) is 53.4 Å². The fourth-order valence-electron chi connectivity index (χ4n) is 8.40. The van der Waals surface area contributed by atoms with E-state index in [0.717, 1.165) is 50.5 Å². The first-order valence-corrected chi connectivity index (χ1v) is 16.0. The lowest BCUT2D eigenvalue weighted by atomic mass is 9.95. The molecule has 2 aromatic carbocycles. The highest BCUT2D eigenvalue weighted by atomic mass is 35.5. The van der Waals surface area contributed by atoms with Crippen LogP contribution in [0.15, 0.2) is 42.6 Å². The summed E-state index contributed by atoms with van der Waals surface area (Å²) in [6, 6.07) is 11.0. The number of carboxylic acid groups (broad SMARTS) is 1. The fraction of sp³-hybridized carbons (Fsp3) is 0.455. The minimum atomic E-state index is -0.914.